The van der Waals surface area contributed by atoms with Gasteiger partial charge in [0.1, 0.15) is 17.2 Å². The molecule has 0 amide bonds. The number of nitrogens with zero attached hydrogens (tertiary/aromatic N) is 2. The molecule has 25 heavy (non-hydrogen) atoms. The van der Waals surface area contributed by atoms with E-state index in [1.807, 2.05) is 31.3 Å². The second-order valence-corrected chi connectivity index (χ2v) is 5.87. The number of rotatable bonds is 5. The maximum atomic E-state index is 5.57. The summed E-state index contributed by atoms with van der Waals surface area (Å²) in [5.41, 5.74) is 0.548. The Balaban J connectivity index is 0.00000156. The lowest BCUT2D eigenvalue weighted by atomic mass is 9.96. The summed E-state index contributed by atoms with van der Waals surface area (Å²) in [6.07, 6.45) is 3.91. The average Bonchev–Trinajstić information content (AvgIpc) is 2.61. The Hall–Kier alpha value is -1.31. The van der Waals surface area contributed by atoms with E-state index < -0.39 is 5.66 Å². The van der Waals surface area contributed by atoms with Gasteiger partial charge in [-0.3, -0.25) is 10.2 Å². The molecule has 0 aliphatic carbocycles. The van der Waals surface area contributed by atoms with Crippen LogP contribution >= 0.6 is 24.8 Å². The number of ether oxygens (including phenoxy) is 1. The number of benzene rings is 1. The summed E-state index contributed by atoms with van der Waals surface area (Å²) in [7, 11) is 1.70. The van der Waals surface area contributed by atoms with E-state index in [1.54, 1.807) is 7.11 Å². The Bertz CT molecular complexity index is 604. The van der Waals surface area contributed by atoms with Crippen LogP contribution in [0, 0.1) is 0 Å². The number of methoxy groups -OCH3 is 1. The van der Waals surface area contributed by atoms with Crippen molar-refractivity contribution < 1.29 is 4.74 Å². The Morgan fingerprint density at radius 2 is 1.96 bits per heavy atom. The zero-order valence-electron chi connectivity index (χ0n) is 14.6. The smallest absolute Gasteiger partial charge is 0.141 e. The van der Waals surface area contributed by atoms with Gasteiger partial charge >= 0.3 is 0 Å². The molecular weight excluding hydrogens is 361 g/mol. The quantitative estimate of drug-likeness (QED) is 0.717. The van der Waals surface area contributed by atoms with Crippen LogP contribution in [0.5, 0.6) is 5.75 Å². The van der Waals surface area contributed by atoms with E-state index in [9.17, 15) is 0 Å². The van der Waals surface area contributed by atoms with Crippen molar-refractivity contribution in [3.8, 4) is 5.75 Å². The first-order chi connectivity index (χ1) is 11.2. The van der Waals surface area contributed by atoms with Gasteiger partial charge < -0.3 is 15.4 Å². The van der Waals surface area contributed by atoms with Crippen molar-refractivity contribution in [1.29, 1.82) is 0 Å². The van der Waals surface area contributed by atoms with Gasteiger partial charge in [-0.15, -0.1) is 24.8 Å². The zero-order valence-corrected chi connectivity index (χ0v) is 16.3. The fraction of sp³-hybridized carbons (Fsp3) is 0.471. The molecule has 2 aliphatic rings. The lowest BCUT2D eigenvalue weighted by molar-refractivity contribution is 0.191. The van der Waals surface area contributed by atoms with E-state index >= 15 is 0 Å². The second-order valence-electron chi connectivity index (χ2n) is 5.87. The van der Waals surface area contributed by atoms with Crippen LogP contribution in [0.15, 0.2) is 41.5 Å². The van der Waals surface area contributed by atoms with E-state index in [1.165, 1.54) is 0 Å². The van der Waals surface area contributed by atoms with E-state index in [0.717, 1.165) is 50.0 Å². The van der Waals surface area contributed by atoms with Crippen molar-refractivity contribution in [3.63, 3.8) is 0 Å². The van der Waals surface area contributed by atoms with Crippen molar-refractivity contribution in [1.82, 2.24) is 20.9 Å². The van der Waals surface area contributed by atoms with Crippen LogP contribution in [0.4, 0.5) is 0 Å². The minimum absolute atomic E-state index is 0. The number of piperazine rings is 1. The summed E-state index contributed by atoms with van der Waals surface area (Å²) in [6, 6.07) is 8.09. The molecule has 1 fully saturated rings. The standard InChI is InChI=1S/C17H25N5O.2ClH/c1-14-19-8-7-17(21-14,15-5-3-4-6-16(15)23-2)20-13-22-11-9-18-10-12-22;;/h3-8,18,20H,9-13H2,1-2H3,(H,19,21);2*1H. The highest BCUT2D eigenvalue weighted by molar-refractivity contribution is 5.85. The molecule has 0 saturated carbocycles. The SMILES string of the molecule is COc1ccccc1C1(NCN2CCNCC2)C=CN=C(C)N1.Cl.Cl. The van der Waals surface area contributed by atoms with Crippen LogP contribution < -0.4 is 20.7 Å². The molecule has 0 radical (unpaired) electrons. The molecule has 3 N–H and O–H groups in total. The van der Waals surface area contributed by atoms with Crippen molar-refractivity contribution >= 4 is 30.6 Å². The highest BCUT2D eigenvalue weighted by Crippen LogP contribution is 2.30. The van der Waals surface area contributed by atoms with Gasteiger partial charge in [0.25, 0.3) is 0 Å². The predicted octanol–water partition coefficient (Wildman–Crippen LogP) is 1.68. The van der Waals surface area contributed by atoms with Gasteiger partial charge in [-0.1, -0.05) is 18.2 Å². The fourth-order valence-corrected chi connectivity index (χ4v) is 3.05. The first-order valence-corrected chi connectivity index (χ1v) is 8.05. The molecule has 0 spiro atoms. The lowest BCUT2D eigenvalue weighted by Gasteiger charge is -2.39. The molecule has 2 aliphatic heterocycles. The van der Waals surface area contributed by atoms with Crippen molar-refractivity contribution in [3.05, 3.63) is 42.1 Å². The minimum Gasteiger partial charge on any atom is -0.496 e. The van der Waals surface area contributed by atoms with E-state index in [-0.39, 0.29) is 24.8 Å². The molecule has 6 nitrogen and oxygen atoms in total. The highest BCUT2D eigenvalue weighted by Gasteiger charge is 2.34. The molecule has 1 saturated heterocycles. The molecule has 8 heteroatoms. The summed E-state index contributed by atoms with van der Waals surface area (Å²) >= 11 is 0. The molecule has 140 valence electrons. The molecule has 1 unspecified atom stereocenters. The van der Waals surface area contributed by atoms with Crippen LogP contribution in [0.2, 0.25) is 0 Å². The molecule has 1 aromatic rings. The Labute approximate surface area is 161 Å². The van der Waals surface area contributed by atoms with Crippen LogP contribution in [-0.4, -0.2) is 50.7 Å². The summed E-state index contributed by atoms with van der Waals surface area (Å²) in [5, 5.41) is 10.5. The third-order valence-electron chi connectivity index (χ3n) is 4.29. The highest BCUT2D eigenvalue weighted by atomic mass is 35.5. The van der Waals surface area contributed by atoms with Gasteiger partial charge in [0.05, 0.1) is 13.8 Å². The van der Waals surface area contributed by atoms with Crippen molar-refractivity contribution in [2.24, 2.45) is 4.99 Å². The summed E-state index contributed by atoms with van der Waals surface area (Å²) in [6.45, 7) is 6.93. The number of nitrogens with one attached hydrogen (secondary N) is 3. The Kier molecular flexibility index (Phi) is 8.68. The number of halogens is 2. The average molecular weight is 388 g/mol. The van der Waals surface area contributed by atoms with Gasteiger partial charge in [-0.05, 0) is 19.1 Å². The number of aliphatic imine (C=N–C) groups is 1. The predicted molar refractivity (Wildman–Crippen MR) is 107 cm³/mol. The summed E-state index contributed by atoms with van der Waals surface area (Å²) in [5.74, 6) is 1.73. The first kappa shape index (κ1) is 21.7. The van der Waals surface area contributed by atoms with E-state index in [2.05, 4.69) is 38.0 Å². The molecule has 0 aromatic heterocycles. The maximum Gasteiger partial charge on any atom is 0.141 e. The zero-order chi connectivity index (χ0) is 16.1. The minimum atomic E-state index is -0.511. The molecule has 2 heterocycles. The third kappa shape index (κ3) is 5.09. The van der Waals surface area contributed by atoms with Crippen LogP contribution in [0.3, 0.4) is 0 Å². The molecular formula is C17H27Cl2N5O. The fourth-order valence-electron chi connectivity index (χ4n) is 3.05. The monoisotopic (exact) mass is 387 g/mol. The molecule has 3 rings (SSSR count). The number of para-hydroxylation sites is 1. The van der Waals surface area contributed by atoms with Gasteiger partial charge in [0, 0.05) is 37.9 Å². The summed E-state index contributed by atoms with van der Waals surface area (Å²) in [4.78, 5) is 6.73. The third-order valence-corrected chi connectivity index (χ3v) is 4.29. The lowest BCUT2D eigenvalue weighted by Crippen LogP contribution is -2.59. The number of hydrogen-bond acceptors (Lipinski definition) is 6. The van der Waals surface area contributed by atoms with Crippen LogP contribution in [0.25, 0.3) is 0 Å². The van der Waals surface area contributed by atoms with E-state index in [0.29, 0.717) is 0 Å². The molecule has 1 atom stereocenters. The van der Waals surface area contributed by atoms with Crippen LogP contribution in [0.1, 0.15) is 12.5 Å². The normalized spacial score (nSPS) is 22.9. The van der Waals surface area contributed by atoms with Gasteiger partial charge in [-0.2, -0.15) is 0 Å². The molecule has 1 aromatic carbocycles. The van der Waals surface area contributed by atoms with Gasteiger partial charge in [-0.25, -0.2) is 4.99 Å². The van der Waals surface area contributed by atoms with Gasteiger partial charge in [0.2, 0.25) is 0 Å². The van der Waals surface area contributed by atoms with Crippen molar-refractivity contribution in [2.45, 2.75) is 12.6 Å². The molecule has 0 bridgehead atoms. The Morgan fingerprint density at radius 3 is 2.64 bits per heavy atom. The topological polar surface area (TPSA) is 60.9 Å². The summed E-state index contributed by atoms with van der Waals surface area (Å²) < 4.78 is 5.57. The van der Waals surface area contributed by atoms with E-state index in [4.69, 9.17) is 4.74 Å². The maximum absolute atomic E-state index is 5.57. The first-order valence-electron chi connectivity index (χ1n) is 8.05. The number of amidine groups is 1. The van der Waals surface area contributed by atoms with Crippen LogP contribution in [-0.2, 0) is 5.66 Å². The van der Waals surface area contributed by atoms with Gasteiger partial charge in [0.15, 0.2) is 0 Å². The van der Waals surface area contributed by atoms with Crippen molar-refractivity contribution in [2.75, 3.05) is 40.0 Å². The second kappa shape index (κ2) is 9.99. The number of hydrogen-bond donors (Lipinski definition) is 3. The Morgan fingerprint density at radius 1 is 1.24 bits per heavy atom. The largest absolute Gasteiger partial charge is 0.496 e.